The molecule has 1 aliphatic rings. The SMILES string of the molecule is CC.c1ccc(OCC2CO2)cc1. The Labute approximate surface area is 79.5 Å². The molecule has 1 unspecified atom stereocenters. The Balaban J connectivity index is 0.000000396. The average Bonchev–Trinajstić information content (AvgIpc) is 3.03. The lowest BCUT2D eigenvalue weighted by atomic mass is 10.3. The molecule has 0 amide bonds. The lowest BCUT2D eigenvalue weighted by Crippen LogP contribution is -2.03. The van der Waals surface area contributed by atoms with Gasteiger partial charge in [0.05, 0.1) is 6.61 Å². The third-order valence-electron chi connectivity index (χ3n) is 1.58. The molecule has 1 aromatic rings. The van der Waals surface area contributed by atoms with Crippen LogP contribution in [0.2, 0.25) is 0 Å². The van der Waals surface area contributed by atoms with Gasteiger partial charge in [0.1, 0.15) is 18.5 Å². The summed E-state index contributed by atoms with van der Waals surface area (Å²) in [5, 5.41) is 0. The van der Waals surface area contributed by atoms with Gasteiger partial charge in [-0.3, -0.25) is 0 Å². The predicted molar refractivity (Wildman–Crippen MR) is 53.0 cm³/mol. The molecule has 0 N–H and O–H groups in total. The molecule has 1 aliphatic heterocycles. The van der Waals surface area contributed by atoms with Gasteiger partial charge in [-0.1, -0.05) is 32.0 Å². The van der Waals surface area contributed by atoms with E-state index in [4.69, 9.17) is 9.47 Å². The van der Waals surface area contributed by atoms with Crippen LogP contribution in [-0.4, -0.2) is 19.3 Å². The van der Waals surface area contributed by atoms with Crippen LogP contribution in [0.3, 0.4) is 0 Å². The molecule has 1 aromatic carbocycles. The quantitative estimate of drug-likeness (QED) is 0.666. The lowest BCUT2D eigenvalue weighted by molar-refractivity contribution is 0.263. The molecule has 72 valence electrons. The van der Waals surface area contributed by atoms with Crippen LogP contribution in [0.5, 0.6) is 5.75 Å². The van der Waals surface area contributed by atoms with Crippen molar-refractivity contribution in [3.8, 4) is 5.75 Å². The van der Waals surface area contributed by atoms with Crippen molar-refractivity contribution in [3.05, 3.63) is 30.3 Å². The highest BCUT2D eigenvalue weighted by Gasteiger charge is 2.22. The van der Waals surface area contributed by atoms with Crippen molar-refractivity contribution in [1.82, 2.24) is 0 Å². The number of hydrogen-bond donors (Lipinski definition) is 0. The molecule has 0 aromatic heterocycles. The van der Waals surface area contributed by atoms with Gasteiger partial charge in [-0.25, -0.2) is 0 Å². The van der Waals surface area contributed by atoms with Crippen LogP contribution in [-0.2, 0) is 4.74 Å². The zero-order valence-electron chi connectivity index (χ0n) is 8.19. The van der Waals surface area contributed by atoms with E-state index in [9.17, 15) is 0 Å². The Bertz CT molecular complexity index is 217. The largest absolute Gasteiger partial charge is 0.491 e. The van der Waals surface area contributed by atoms with Crippen LogP contribution >= 0.6 is 0 Å². The number of para-hydroxylation sites is 1. The first kappa shape index (κ1) is 10.1. The smallest absolute Gasteiger partial charge is 0.119 e. The maximum atomic E-state index is 5.40. The Morgan fingerprint density at radius 3 is 2.46 bits per heavy atom. The molecule has 0 aliphatic carbocycles. The Morgan fingerprint density at radius 1 is 1.31 bits per heavy atom. The summed E-state index contributed by atoms with van der Waals surface area (Å²) in [6, 6.07) is 9.79. The summed E-state index contributed by atoms with van der Waals surface area (Å²) in [5.41, 5.74) is 0. The summed E-state index contributed by atoms with van der Waals surface area (Å²) in [7, 11) is 0. The lowest BCUT2D eigenvalue weighted by Gasteiger charge is -2.01. The summed E-state index contributed by atoms with van der Waals surface area (Å²) in [6.07, 6.45) is 0.343. The van der Waals surface area contributed by atoms with Gasteiger partial charge in [-0.2, -0.15) is 0 Å². The predicted octanol–water partition coefficient (Wildman–Crippen LogP) is 2.49. The van der Waals surface area contributed by atoms with Gasteiger partial charge in [0.25, 0.3) is 0 Å². The highest BCUT2D eigenvalue weighted by molar-refractivity contribution is 5.20. The van der Waals surface area contributed by atoms with Crippen LogP contribution < -0.4 is 4.74 Å². The molecule has 0 bridgehead atoms. The van der Waals surface area contributed by atoms with Crippen molar-refractivity contribution in [2.24, 2.45) is 0 Å². The van der Waals surface area contributed by atoms with Gasteiger partial charge in [-0.05, 0) is 12.1 Å². The van der Waals surface area contributed by atoms with Gasteiger partial charge in [0.15, 0.2) is 0 Å². The van der Waals surface area contributed by atoms with Crippen LogP contribution in [0, 0.1) is 0 Å². The van der Waals surface area contributed by atoms with E-state index in [1.165, 1.54) is 0 Å². The van der Waals surface area contributed by atoms with E-state index in [2.05, 4.69) is 0 Å². The first-order chi connectivity index (χ1) is 6.45. The van der Waals surface area contributed by atoms with E-state index in [1.54, 1.807) is 0 Å². The van der Waals surface area contributed by atoms with E-state index < -0.39 is 0 Å². The highest BCUT2D eigenvalue weighted by atomic mass is 16.6. The van der Waals surface area contributed by atoms with Gasteiger partial charge in [-0.15, -0.1) is 0 Å². The minimum Gasteiger partial charge on any atom is -0.491 e. The van der Waals surface area contributed by atoms with E-state index in [0.717, 1.165) is 12.4 Å². The molecule has 0 radical (unpaired) electrons. The highest BCUT2D eigenvalue weighted by Crippen LogP contribution is 2.13. The fourth-order valence-electron chi connectivity index (χ4n) is 0.870. The van der Waals surface area contributed by atoms with Gasteiger partial charge in [0.2, 0.25) is 0 Å². The summed E-state index contributed by atoms with van der Waals surface area (Å²) in [4.78, 5) is 0. The molecule has 1 fully saturated rings. The number of benzene rings is 1. The molecule has 13 heavy (non-hydrogen) atoms. The maximum Gasteiger partial charge on any atom is 0.119 e. The van der Waals surface area contributed by atoms with Crippen LogP contribution in [0.25, 0.3) is 0 Å². The average molecular weight is 180 g/mol. The second-order valence-corrected chi connectivity index (χ2v) is 2.58. The van der Waals surface area contributed by atoms with Gasteiger partial charge in [0, 0.05) is 0 Å². The number of epoxide rings is 1. The number of hydrogen-bond acceptors (Lipinski definition) is 2. The van der Waals surface area contributed by atoms with Gasteiger partial charge < -0.3 is 9.47 Å². The molecule has 0 saturated carbocycles. The van der Waals surface area contributed by atoms with Crippen molar-refractivity contribution < 1.29 is 9.47 Å². The van der Waals surface area contributed by atoms with E-state index >= 15 is 0 Å². The van der Waals surface area contributed by atoms with Crippen molar-refractivity contribution >= 4 is 0 Å². The van der Waals surface area contributed by atoms with Gasteiger partial charge >= 0.3 is 0 Å². The Hall–Kier alpha value is -1.02. The Kier molecular flexibility index (Phi) is 4.33. The normalized spacial score (nSPS) is 18.5. The molecule has 1 saturated heterocycles. The number of rotatable bonds is 3. The second-order valence-electron chi connectivity index (χ2n) is 2.58. The third kappa shape index (κ3) is 3.95. The van der Waals surface area contributed by atoms with E-state index in [1.807, 2.05) is 44.2 Å². The molecule has 2 heteroatoms. The van der Waals surface area contributed by atoms with Crippen molar-refractivity contribution in [3.63, 3.8) is 0 Å². The molecule has 0 spiro atoms. The summed E-state index contributed by atoms with van der Waals surface area (Å²) >= 11 is 0. The maximum absolute atomic E-state index is 5.40. The number of ether oxygens (including phenoxy) is 2. The zero-order chi connectivity index (χ0) is 9.52. The van der Waals surface area contributed by atoms with Crippen LogP contribution in [0.15, 0.2) is 30.3 Å². The molecule has 2 nitrogen and oxygen atoms in total. The third-order valence-corrected chi connectivity index (χ3v) is 1.58. The molecular weight excluding hydrogens is 164 g/mol. The minimum atomic E-state index is 0.343. The molecule has 1 heterocycles. The first-order valence-electron chi connectivity index (χ1n) is 4.74. The van der Waals surface area contributed by atoms with E-state index in [-0.39, 0.29) is 0 Å². The minimum absolute atomic E-state index is 0.343. The summed E-state index contributed by atoms with van der Waals surface area (Å²) in [5.74, 6) is 0.919. The fourth-order valence-corrected chi connectivity index (χ4v) is 0.870. The topological polar surface area (TPSA) is 21.8 Å². The summed E-state index contributed by atoms with van der Waals surface area (Å²) < 4.78 is 10.4. The molecular formula is C11H16O2. The standard InChI is InChI=1S/C9H10O2.C2H6/c1-2-4-8(5-3-1)10-6-9-7-11-9;1-2/h1-5,9H,6-7H2;1-2H3. The van der Waals surface area contributed by atoms with Crippen LogP contribution in [0.4, 0.5) is 0 Å². The molecule has 2 rings (SSSR count). The Morgan fingerprint density at radius 2 is 1.92 bits per heavy atom. The van der Waals surface area contributed by atoms with Crippen molar-refractivity contribution in [2.75, 3.05) is 13.2 Å². The van der Waals surface area contributed by atoms with Crippen molar-refractivity contribution in [1.29, 1.82) is 0 Å². The first-order valence-corrected chi connectivity index (χ1v) is 4.74. The van der Waals surface area contributed by atoms with Crippen molar-refractivity contribution in [2.45, 2.75) is 20.0 Å². The van der Waals surface area contributed by atoms with E-state index in [0.29, 0.717) is 12.7 Å². The zero-order valence-corrected chi connectivity index (χ0v) is 8.19. The fraction of sp³-hybridized carbons (Fsp3) is 0.455. The monoisotopic (exact) mass is 180 g/mol. The molecule has 1 atom stereocenters. The second kappa shape index (κ2) is 5.60. The van der Waals surface area contributed by atoms with Crippen LogP contribution in [0.1, 0.15) is 13.8 Å². The summed E-state index contributed by atoms with van der Waals surface area (Å²) in [6.45, 7) is 5.54.